The van der Waals surface area contributed by atoms with Crippen molar-refractivity contribution in [2.75, 3.05) is 5.32 Å². The molecule has 0 bridgehead atoms. The molecule has 4 rings (SSSR count). The third-order valence-electron chi connectivity index (χ3n) is 4.89. The molecule has 2 N–H and O–H groups in total. The van der Waals surface area contributed by atoms with Crippen LogP contribution in [0.25, 0.3) is 11.3 Å². The highest BCUT2D eigenvalue weighted by Crippen LogP contribution is 2.30. The minimum absolute atomic E-state index is 0.0679. The average Bonchev–Trinajstić information content (AvgIpc) is 3.50. The number of benzene rings is 2. The molecule has 0 radical (unpaired) electrons. The van der Waals surface area contributed by atoms with Crippen LogP contribution in [-0.2, 0) is 22.6 Å². The number of hydrogen-bond acceptors (Lipinski definition) is 4. The Labute approximate surface area is 179 Å². The molecule has 0 unspecified atom stereocenters. The maximum absolute atomic E-state index is 12.2. The van der Waals surface area contributed by atoms with E-state index in [0.29, 0.717) is 29.6 Å². The lowest BCUT2D eigenvalue weighted by Gasteiger charge is -2.08. The van der Waals surface area contributed by atoms with Gasteiger partial charge in [-0.25, -0.2) is 4.98 Å². The van der Waals surface area contributed by atoms with Gasteiger partial charge in [0, 0.05) is 36.6 Å². The number of amides is 2. The number of rotatable bonds is 8. The molecule has 7 heteroatoms. The van der Waals surface area contributed by atoms with Crippen molar-refractivity contribution in [3.05, 3.63) is 71.2 Å². The quantitative estimate of drug-likeness (QED) is 0.554. The number of carbonyl (C=O) groups excluding carboxylic acids is 2. The van der Waals surface area contributed by atoms with Crippen LogP contribution >= 0.6 is 11.6 Å². The summed E-state index contributed by atoms with van der Waals surface area (Å²) in [6.07, 6.45) is 4.21. The van der Waals surface area contributed by atoms with Gasteiger partial charge in [0.25, 0.3) is 0 Å². The van der Waals surface area contributed by atoms with Crippen molar-refractivity contribution in [2.45, 2.75) is 32.2 Å². The van der Waals surface area contributed by atoms with Crippen LogP contribution in [0.5, 0.6) is 0 Å². The van der Waals surface area contributed by atoms with Gasteiger partial charge in [-0.2, -0.15) is 0 Å². The molecule has 1 fully saturated rings. The van der Waals surface area contributed by atoms with Crippen molar-refractivity contribution in [2.24, 2.45) is 5.92 Å². The highest BCUT2D eigenvalue weighted by atomic mass is 35.5. The first-order valence-electron chi connectivity index (χ1n) is 9.94. The summed E-state index contributed by atoms with van der Waals surface area (Å²) in [6, 6.07) is 14.9. The van der Waals surface area contributed by atoms with E-state index in [-0.39, 0.29) is 24.2 Å². The van der Waals surface area contributed by atoms with Crippen molar-refractivity contribution < 1.29 is 14.0 Å². The van der Waals surface area contributed by atoms with Crippen LogP contribution < -0.4 is 10.6 Å². The van der Waals surface area contributed by atoms with E-state index in [1.54, 1.807) is 12.3 Å². The molecule has 30 heavy (non-hydrogen) atoms. The summed E-state index contributed by atoms with van der Waals surface area (Å²) in [4.78, 5) is 28.3. The molecule has 1 aromatic heterocycles. The number of carbonyl (C=O) groups is 2. The van der Waals surface area contributed by atoms with Crippen LogP contribution in [-0.4, -0.2) is 16.8 Å². The zero-order chi connectivity index (χ0) is 20.9. The molecule has 0 saturated heterocycles. The summed E-state index contributed by atoms with van der Waals surface area (Å²) in [5, 5.41) is 6.40. The molecule has 3 aromatic rings. The monoisotopic (exact) mass is 423 g/mol. The number of aromatic nitrogens is 1. The van der Waals surface area contributed by atoms with Gasteiger partial charge in [0.05, 0.1) is 11.2 Å². The van der Waals surface area contributed by atoms with E-state index in [1.165, 1.54) is 0 Å². The minimum atomic E-state index is -0.0973. The van der Waals surface area contributed by atoms with Crippen LogP contribution in [0.4, 0.5) is 5.69 Å². The summed E-state index contributed by atoms with van der Waals surface area (Å²) in [6.45, 7) is 0.391. The first-order chi connectivity index (χ1) is 14.6. The van der Waals surface area contributed by atoms with E-state index in [0.717, 1.165) is 29.7 Å². The van der Waals surface area contributed by atoms with Gasteiger partial charge in [-0.1, -0.05) is 35.9 Å². The number of oxazole rings is 1. The van der Waals surface area contributed by atoms with Gasteiger partial charge in [-0.05, 0) is 42.7 Å². The fourth-order valence-electron chi connectivity index (χ4n) is 3.07. The van der Waals surface area contributed by atoms with Gasteiger partial charge in [0.2, 0.25) is 11.8 Å². The van der Waals surface area contributed by atoms with Gasteiger partial charge < -0.3 is 15.1 Å². The van der Waals surface area contributed by atoms with Gasteiger partial charge >= 0.3 is 0 Å². The second-order valence-corrected chi connectivity index (χ2v) is 7.75. The number of anilines is 1. The Morgan fingerprint density at radius 3 is 2.77 bits per heavy atom. The molecule has 6 nitrogen and oxygen atoms in total. The molecule has 1 aliphatic rings. The molecule has 1 heterocycles. The Morgan fingerprint density at radius 1 is 1.13 bits per heavy atom. The lowest BCUT2D eigenvalue weighted by molar-refractivity contribution is -0.121. The maximum Gasteiger partial charge on any atom is 0.227 e. The second-order valence-electron chi connectivity index (χ2n) is 7.34. The zero-order valence-electron chi connectivity index (χ0n) is 16.4. The Kier molecular flexibility index (Phi) is 6.14. The van der Waals surface area contributed by atoms with Crippen molar-refractivity contribution in [1.82, 2.24) is 10.3 Å². The van der Waals surface area contributed by atoms with Crippen LogP contribution in [0.1, 0.15) is 30.7 Å². The van der Waals surface area contributed by atoms with Crippen LogP contribution in [0.15, 0.2) is 59.1 Å². The number of hydrogen-bond donors (Lipinski definition) is 2. The van der Waals surface area contributed by atoms with Gasteiger partial charge in [-0.15, -0.1) is 0 Å². The minimum Gasteiger partial charge on any atom is -0.441 e. The van der Waals surface area contributed by atoms with E-state index in [4.69, 9.17) is 16.0 Å². The lowest BCUT2D eigenvalue weighted by atomic mass is 10.2. The predicted octanol–water partition coefficient (Wildman–Crippen LogP) is 4.59. The van der Waals surface area contributed by atoms with Gasteiger partial charge in [-0.3, -0.25) is 9.59 Å². The van der Waals surface area contributed by atoms with E-state index >= 15 is 0 Å². The average molecular weight is 424 g/mol. The first-order valence-corrected chi connectivity index (χ1v) is 10.3. The normalized spacial score (nSPS) is 13.1. The molecule has 1 aliphatic carbocycles. The van der Waals surface area contributed by atoms with Gasteiger partial charge in [0.15, 0.2) is 11.7 Å². The first kappa shape index (κ1) is 20.2. The molecule has 0 spiro atoms. The number of nitrogens with one attached hydrogen (secondary N) is 2. The van der Waals surface area contributed by atoms with Crippen molar-refractivity contribution in [3.8, 4) is 11.3 Å². The van der Waals surface area contributed by atoms with Crippen molar-refractivity contribution in [3.63, 3.8) is 0 Å². The summed E-state index contributed by atoms with van der Waals surface area (Å²) in [5.74, 6) is 1.20. The molecule has 1 saturated carbocycles. The highest BCUT2D eigenvalue weighted by molar-refractivity contribution is 6.33. The topological polar surface area (TPSA) is 84.2 Å². The molecular weight excluding hydrogens is 402 g/mol. The molecule has 0 aliphatic heterocycles. The molecule has 2 amide bonds. The van der Waals surface area contributed by atoms with E-state index < -0.39 is 0 Å². The number of nitrogens with zero attached hydrogens (tertiary/aromatic N) is 1. The van der Waals surface area contributed by atoms with Crippen molar-refractivity contribution in [1.29, 1.82) is 0 Å². The molecule has 2 aromatic carbocycles. The summed E-state index contributed by atoms with van der Waals surface area (Å²) in [7, 11) is 0. The fraction of sp³-hybridized carbons (Fsp3) is 0.261. The summed E-state index contributed by atoms with van der Waals surface area (Å²) >= 11 is 6.18. The SMILES string of the molecule is O=C(CCc1ncc(-c2ccccc2Cl)o1)NCc1cccc(NC(=O)C2CC2)c1. The third kappa shape index (κ3) is 5.27. The van der Waals surface area contributed by atoms with E-state index in [1.807, 2.05) is 42.5 Å². The smallest absolute Gasteiger partial charge is 0.227 e. The molecular formula is C23H22ClN3O3. The number of halogens is 1. The van der Waals surface area contributed by atoms with E-state index in [2.05, 4.69) is 15.6 Å². The second kappa shape index (κ2) is 9.13. The Bertz CT molecular complexity index is 1060. The Hall–Kier alpha value is -3.12. The third-order valence-corrected chi connectivity index (χ3v) is 5.22. The maximum atomic E-state index is 12.2. The predicted molar refractivity (Wildman–Crippen MR) is 115 cm³/mol. The van der Waals surface area contributed by atoms with Crippen LogP contribution in [0.2, 0.25) is 5.02 Å². The van der Waals surface area contributed by atoms with E-state index in [9.17, 15) is 9.59 Å². The van der Waals surface area contributed by atoms with Crippen LogP contribution in [0.3, 0.4) is 0 Å². The molecule has 0 atom stereocenters. The largest absolute Gasteiger partial charge is 0.441 e. The fourth-order valence-corrected chi connectivity index (χ4v) is 3.30. The van der Waals surface area contributed by atoms with Gasteiger partial charge in [0.1, 0.15) is 0 Å². The highest BCUT2D eigenvalue weighted by Gasteiger charge is 2.29. The summed E-state index contributed by atoms with van der Waals surface area (Å²) in [5.41, 5.74) is 2.45. The Morgan fingerprint density at radius 2 is 1.97 bits per heavy atom. The standard InChI is InChI=1S/C23H22ClN3O3/c24-19-7-2-1-6-18(19)20-14-26-22(30-20)11-10-21(28)25-13-15-4-3-5-17(12-15)27-23(29)16-8-9-16/h1-7,12,14,16H,8-11,13H2,(H,25,28)(H,27,29). The molecule has 154 valence electrons. The summed E-state index contributed by atoms with van der Waals surface area (Å²) < 4.78 is 5.73. The van der Waals surface area contributed by atoms with Crippen molar-refractivity contribution >= 4 is 29.1 Å². The Balaban J connectivity index is 1.25. The lowest BCUT2D eigenvalue weighted by Crippen LogP contribution is -2.23. The zero-order valence-corrected chi connectivity index (χ0v) is 17.1. The number of aryl methyl sites for hydroxylation is 1. The van der Waals surface area contributed by atoms with Crippen LogP contribution in [0, 0.1) is 5.92 Å².